The highest BCUT2D eigenvalue weighted by molar-refractivity contribution is 5.14. The van der Waals surface area contributed by atoms with E-state index >= 15 is 0 Å². The average molecular weight is 234 g/mol. The first-order chi connectivity index (χ1) is 8.36. The molecule has 0 fully saturated rings. The lowest BCUT2D eigenvalue weighted by Crippen LogP contribution is -3.12. The topological polar surface area (TPSA) is 4.44 Å². The second-order valence-corrected chi connectivity index (χ2v) is 4.94. The van der Waals surface area contributed by atoms with E-state index in [4.69, 9.17) is 0 Å². The number of rotatable bonds is 9. The number of unbranched alkanes of at least 4 members (excludes halogenated alkanes) is 2. The quantitative estimate of drug-likeness (QED) is 0.670. The highest BCUT2D eigenvalue weighted by Crippen LogP contribution is 1.97. The molecule has 17 heavy (non-hydrogen) atoms. The van der Waals surface area contributed by atoms with Gasteiger partial charge in [-0.15, -0.1) is 0 Å². The van der Waals surface area contributed by atoms with Gasteiger partial charge < -0.3 is 4.90 Å². The van der Waals surface area contributed by atoms with Crippen molar-refractivity contribution in [2.45, 2.75) is 46.0 Å². The van der Waals surface area contributed by atoms with Crippen LogP contribution in [0.15, 0.2) is 30.3 Å². The smallest absolute Gasteiger partial charge is 0.0811 e. The van der Waals surface area contributed by atoms with Gasteiger partial charge >= 0.3 is 0 Å². The summed E-state index contributed by atoms with van der Waals surface area (Å²) in [7, 11) is 0. The lowest BCUT2D eigenvalue weighted by molar-refractivity contribution is -0.900. The minimum Gasteiger partial charge on any atom is -0.335 e. The Hall–Kier alpha value is -0.820. The molecule has 1 aromatic carbocycles. The molecule has 0 bridgehead atoms. The summed E-state index contributed by atoms with van der Waals surface area (Å²) < 4.78 is 0. The fraction of sp³-hybridized carbons (Fsp3) is 0.625. The Kier molecular flexibility index (Phi) is 7.74. The van der Waals surface area contributed by atoms with E-state index in [0.29, 0.717) is 0 Å². The molecule has 0 radical (unpaired) electrons. The van der Waals surface area contributed by atoms with Crippen molar-refractivity contribution in [3.05, 3.63) is 35.9 Å². The molecule has 1 aromatic rings. The van der Waals surface area contributed by atoms with E-state index in [2.05, 4.69) is 44.2 Å². The molecule has 0 amide bonds. The Balaban J connectivity index is 2.31. The summed E-state index contributed by atoms with van der Waals surface area (Å²) in [6, 6.07) is 10.9. The van der Waals surface area contributed by atoms with E-state index in [1.165, 1.54) is 57.3 Å². The van der Waals surface area contributed by atoms with Gasteiger partial charge in [0.05, 0.1) is 19.6 Å². The zero-order valence-electron chi connectivity index (χ0n) is 11.5. The molecule has 0 saturated heterocycles. The molecular weight excluding hydrogens is 206 g/mol. The van der Waals surface area contributed by atoms with Crippen LogP contribution in [0.25, 0.3) is 0 Å². The van der Waals surface area contributed by atoms with Crippen molar-refractivity contribution >= 4 is 0 Å². The van der Waals surface area contributed by atoms with Crippen LogP contribution >= 0.6 is 0 Å². The summed E-state index contributed by atoms with van der Waals surface area (Å²) in [5.41, 5.74) is 1.48. The van der Waals surface area contributed by atoms with Crippen LogP contribution < -0.4 is 4.90 Å². The molecular formula is C16H28N+. The van der Waals surface area contributed by atoms with Crippen LogP contribution in [0.3, 0.4) is 0 Å². The van der Waals surface area contributed by atoms with Gasteiger partial charge in [0.1, 0.15) is 0 Å². The van der Waals surface area contributed by atoms with Crippen molar-refractivity contribution in [3.8, 4) is 0 Å². The van der Waals surface area contributed by atoms with Gasteiger partial charge in [-0.1, -0.05) is 57.0 Å². The van der Waals surface area contributed by atoms with Crippen molar-refractivity contribution < 1.29 is 4.90 Å². The van der Waals surface area contributed by atoms with Crippen LogP contribution in [0, 0.1) is 0 Å². The Morgan fingerprint density at radius 1 is 0.824 bits per heavy atom. The Bertz CT molecular complexity index is 260. The third-order valence-electron chi connectivity index (χ3n) is 3.38. The van der Waals surface area contributed by atoms with Crippen LogP contribution in [0.4, 0.5) is 0 Å². The van der Waals surface area contributed by atoms with Crippen LogP contribution in [0.2, 0.25) is 0 Å². The molecule has 0 heterocycles. The molecule has 0 saturated carbocycles. The summed E-state index contributed by atoms with van der Waals surface area (Å²) in [6.07, 6.45) is 6.60. The first-order valence-corrected chi connectivity index (χ1v) is 7.24. The second-order valence-electron chi connectivity index (χ2n) is 4.94. The molecule has 1 rings (SSSR count). The van der Waals surface area contributed by atoms with Crippen LogP contribution in [0.5, 0.6) is 0 Å². The molecule has 96 valence electrons. The lowest BCUT2D eigenvalue weighted by Gasteiger charge is -2.19. The molecule has 1 nitrogen and oxygen atoms in total. The minimum atomic E-state index is 1.23. The van der Waals surface area contributed by atoms with Gasteiger partial charge in [-0.2, -0.15) is 0 Å². The summed E-state index contributed by atoms with van der Waals surface area (Å²) >= 11 is 0. The molecule has 0 aliphatic carbocycles. The largest absolute Gasteiger partial charge is 0.335 e. The van der Waals surface area contributed by atoms with Gasteiger partial charge in [-0.3, -0.25) is 0 Å². The van der Waals surface area contributed by atoms with Crippen LogP contribution in [-0.2, 0) is 6.42 Å². The number of quaternary nitrogens is 1. The summed E-state index contributed by atoms with van der Waals surface area (Å²) in [6.45, 7) is 8.57. The fourth-order valence-electron chi connectivity index (χ4n) is 2.19. The standard InChI is InChI=1S/C16H27N/c1-3-5-13-17(14-6-4-2)15-12-16-10-8-7-9-11-16/h7-11H,3-6,12-15H2,1-2H3/p+1. The molecule has 0 aliphatic heterocycles. The zero-order chi connectivity index (χ0) is 12.3. The summed E-state index contributed by atoms with van der Waals surface area (Å²) in [4.78, 5) is 1.79. The molecule has 0 aromatic heterocycles. The lowest BCUT2D eigenvalue weighted by atomic mass is 10.1. The third kappa shape index (κ3) is 6.48. The number of hydrogen-bond acceptors (Lipinski definition) is 0. The van der Waals surface area contributed by atoms with E-state index in [-0.39, 0.29) is 0 Å². The van der Waals surface area contributed by atoms with E-state index in [1.807, 2.05) is 0 Å². The van der Waals surface area contributed by atoms with E-state index in [1.54, 1.807) is 4.90 Å². The molecule has 0 unspecified atom stereocenters. The van der Waals surface area contributed by atoms with Gasteiger partial charge in [0.25, 0.3) is 0 Å². The normalized spacial score (nSPS) is 11.0. The molecule has 0 spiro atoms. The SMILES string of the molecule is CCCC[NH+](CCCC)CCc1ccccc1. The number of hydrogen-bond donors (Lipinski definition) is 1. The molecule has 0 atom stereocenters. The van der Waals surface area contributed by atoms with E-state index in [0.717, 1.165) is 0 Å². The molecule has 0 aliphatic rings. The Labute approximate surface area is 107 Å². The molecule has 1 N–H and O–H groups in total. The van der Waals surface area contributed by atoms with Gasteiger partial charge in [0.15, 0.2) is 0 Å². The summed E-state index contributed by atoms with van der Waals surface area (Å²) in [5, 5.41) is 0. The highest BCUT2D eigenvalue weighted by atomic mass is 15.1. The van der Waals surface area contributed by atoms with Crippen molar-refractivity contribution in [2.75, 3.05) is 19.6 Å². The third-order valence-corrected chi connectivity index (χ3v) is 3.38. The average Bonchev–Trinajstić information content (AvgIpc) is 2.39. The van der Waals surface area contributed by atoms with Gasteiger partial charge in [0, 0.05) is 6.42 Å². The van der Waals surface area contributed by atoms with Crippen molar-refractivity contribution in [3.63, 3.8) is 0 Å². The molecule has 1 heteroatoms. The van der Waals surface area contributed by atoms with Crippen molar-refractivity contribution in [1.29, 1.82) is 0 Å². The maximum absolute atomic E-state index is 2.29. The van der Waals surface area contributed by atoms with Crippen molar-refractivity contribution in [1.82, 2.24) is 0 Å². The zero-order valence-corrected chi connectivity index (χ0v) is 11.5. The van der Waals surface area contributed by atoms with Crippen LogP contribution in [0.1, 0.15) is 45.1 Å². The number of nitrogens with one attached hydrogen (secondary N) is 1. The fourth-order valence-corrected chi connectivity index (χ4v) is 2.19. The maximum atomic E-state index is 2.29. The predicted octanol–water partition coefficient (Wildman–Crippen LogP) is 2.71. The first-order valence-electron chi connectivity index (χ1n) is 7.24. The highest BCUT2D eigenvalue weighted by Gasteiger charge is 2.07. The predicted molar refractivity (Wildman–Crippen MR) is 75.5 cm³/mol. The first kappa shape index (κ1) is 14.2. The van der Waals surface area contributed by atoms with Gasteiger partial charge in [0.2, 0.25) is 0 Å². The van der Waals surface area contributed by atoms with Crippen LogP contribution in [-0.4, -0.2) is 19.6 Å². The van der Waals surface area contributed by atoms with Gasteiger partial charge in [-0.05, 0) is 18.4 Å². The van der Waals surface area contributed by atoms with Crippen molar-refractivity contribution in [2.24, 2.45) is 0 Å². The van der Waals surface area contributed by atoms with Gasteiger partial charge in [-0.25, -0.2) is 0 Å². The Morgan fingerprint density at radius 3 is 1.94 bits per heavy atom. The van der Waals surface area contributed by atoms with E-state index in [9.17, 15) is 0 Å². The minimum absolute atomic E-state index is 1.23. The Morgan fingerprint density at radius 2 is 1.41 bits per heavy atom. The summed E-state index contributed by atoms with van der Waals surface area (Å²) in [5.74, 6) is 0. The second kappa shape index (κ2) is 9.23. The van der Waals surface area contributed by atoms with E-state index < -0.39 is 0 Å². The maximum Gasteiger partial charge on any atom is 0.0811 e. The monoisotopic (exact) mass is 234 g/mol. The number of benzene rings is 1.